The average Bonchev–Trinajstić information content (AvgIpc) is 3.13. The van der Waals surface area contributed by atoms with Crippen molar-refractivity contribution in [3.63, 3.8) is 0 Å². The Morgan fingerprint density at radius 2 is 1.84 bits per heavy atom. The maximum atomic E-state index is 12.0. The monoisotopic (exact) mass is 411 g/mol. The molecule has 0 fully saturated rings. The van der Waals surface area contributed by atoms with Crippen LogP contribution in [0.1, 0.15) is 29.4 Å². The molecule has 0 saturated heterocycles. The molecule has 2 aromatic heterocycles. The number of para-hydroxylation sites is 1. The third kappa shape index (κ3) is 3.65. The molecule has 0 unspecified atom stereocenters. The van der Waals surface area contributed by atoms with Crippen LogP contribution in [-0.2, 0) is 24.3 Å². The summed E-state index contributed by atoms with van der Waals surface area (Å²) in [5, 5.41) is 4.69. The Morgan fingerprint density at radius 3 is 2.65 bits per heavy atom. The maximum absolute atomic E-state index is 12.0. The maximum Gasteiger partial charge on any atom is 0.236 e. The Morgan fingerprint density at radius 1 is 1.06 bits per heavy atom. The fourth-order valence-corrected chi connectivity index (χ4v) is 4.27. The van der Waals surface area contributed by atoms with Gasteiger partial charge in [-0.15, -0.1) is 0 Å². The van der Waals surface area contributed by atoms with E-state index in [9.17, 15) is 4.79 Å². The Bertz CT molecular complexity index is 1260. The molecule has 0 aliphatic carbocycles. The smallest absolute Gasteiger partial charge is 0.236 e. The summed E-state index contributed by atoms with van der Waals surface area (Å²) in [5.41, 5.74) is 5.37. The van der Waals surface area contributed by atoms with Crippen molar-refractivity contribution in [1.29, 1.82) is 0 Å². The molecular weight excluding hydrogens is 386 g/mol. The molecule has 4 aromatic rings. The van der Waals surface area contributed by atoms with Gasteiger partial charge < -0.3 is 10.2 Å². The minimum atomic E-state index is 0.0761. The van der Waals surface area contributed by atoms with Gasteiger partial charge in [0.15, 0.2) is 0 Å². The molecule has 156 valence electrons. The second-order valence-electron chi connectivity index (χ2n) is 8.01. The minimum Gasteiger partial charge on any atom is -0.366 e. The van der Waals surface area contributed by atoms with E-state index >= 15 is 0 Å². The third-order valence-corrected chi connectivity index (χ3v) is 5.90. The second-order valence-corrected chi connectivity index (χ2v) is 8.01. The van der Waals surface area contributed by atoms with Crippen molar-refractivity contribution in [1.82, 2.24) is 19.4 Å². The lowest BCUT2D eigenvalue weighted by Crippen LogP contribution is -2.35. The van der Waals surface area contributed by atoms with Gasteiger partial charge in [0.05, 0.1) is 17.8 Å². The molecule has 0 spiro atoms. The first-order valence-corrected chi connectivity index (χ1v) is 10.6. The van der Waals surface area contributed by atoms with Crippen LogP contribution in [0.25, 0.3) is 16.9 Å². The molecular formula is C25H25N5O. The largest absolute Gasteiger partial charge is 0.366 e. The van der Waals surface area contributed by atoms with Gasteiger partial charge in [-0.25, -0.2) is 4.98 Å². The third-order valence-electron chi connectivity index (χ3n) is 5.90. The first kappa shape index (κ1) is 19.3. The molecule has 31 heavy (non-hydrogen) atoms. The molecule has 0 radical (unpaired) electrons. The Labute approximate surface area is 181 Å². The summed E-state index contributed by atoms with van der Waals surface area (Å²) in [6, 6.07) is 20.7. The molecule has 0 saturated carbocycles. The lowest BCUT2D eigenvalue weighted by Gasteiger charge is -2.29. The number of anilines is 1. The molecule has 5 rings (SSSR count). The van der Waals surface area contributed by atoms with Gasteiger partial charge >= 0.3 is 0 Å². The predicted molar refractivity (Wildman–Crippen MR) is 122 cm³/mol. The van der Waals surface area contributed by atoms with E-state index in [0.717, 1.165) is 40.1 Å². The predicted octanol–water partition coefficient (Wildman–Crippen LogP) is 4.25. The summed E-state index contributed by atoms with van der Waals surface area (Å²) in [4.78, 5) is 23.8. The summed E-state index contributed by atoms with van der Waals surface area (Å²) in [5.74, 6) is 1.56. The van der Waals surface area contributed by atoms with Crippen molar-refractivity contribution >= 4 is 22.6 Å². The number of aromatic nitrogens is 3. The number of carbonyl (C=O) groups excluding carboxylic acids is 1. The lowest BCUT2D eigenvalue weighted by molar-refractivity contribution is -0.129. The highest BCUT2D eigenvalue weighted by Gasteiger charge is 2.24. The number of aryl methyl sites for hydroxylation is 1. The van der Waals surface area contributed by atoms with Gasteiger partial charge in [-0.05, 0) is 31.0 Å². The van der Waals surface area contributed by atoms with E-state index < -0.39 is 0 Å². The molecule has 6 nitrogen and oxygen atoms in total. The van der Waals surface area contributed by atoms with Crippen LogP contribution in [0, 0.1) is 6.92 Å². The first-order valence-electron chi connectivity index (χ1n) is 10.6. The molecule has 3 heterocycles. The number of nitrogens with zero attached hydrogens (tertiary/aromatic N) is 4. The number of hydrogen-bond donors (Lipinski definition) is 1. The van der Waals surface area contributed by atoms with Gasteiger partial charge in [0, 0.05) is 36.7 Å². The summed E-state index contributed by atoms with van der Waals surface area (Å²) in [6.07, 6.45) is 0.748. The fourth-order valence-electron chi connectivity index (χ4n) is 4.27. The van der Waals surface area contributed by atoms with E-state index in [0.29, 0.717) is 25.6 Å². The van der Waals surface area contributed by atoms with Crippen LogP contribution >= 0.6 is 0 Å². The summed E-state index contributed by atoms with van der Waals surface area (Å²) < 4.78 is 2.09. The molecule has 0 atom stereocenters. The Kier molecular flexibility index (Phi) is 4.90. The molecule has 1 aliphatic heterocycles. The molecule has 1 aliphatic rings. The van der Waals surface area contributed by atoms with E-state index in [4.69, 9.17) is 9.97 Å². The van der Waals surface area contributed by atoms with Gasteiger partial charge in [-0.2, -0.15) is 4.98 Å². The van der Waals surface area contributed by atoms with Gasteiger partial charge in [-0.3, -0.25) is 9.36 Å². The highest BCUT2D eigenvalue weighted by atomic mass is 16.2. The van der Waals surface area contributed by atoms with Crippen LogP contribution in [0.3, 0.4) is 0 Å². The zero-order valence-electron chi connectivity index (χ0n) is 17.8. The molecule has 1 N–H and O–H groups in total. The molecule has 0 bridgehead atoms. The quantitative estimate of drug-likeness (QED) is 0.545. The van der Waals surface area contributed by atoms with Crippen molar-refractivity contribution in [2.24, 2.45) is 0 Å². The zero-order valence-corrected chi connectivity index (χ0v) is 17.8. The Hall–Kier alpha value is -3.67. The van der Waals surface area contributed by atoms with Crippen LogP contribution in [0.5, 0.6) is 0 Å². The molecule has 2 aromatic carbocycles. The van der Waals surface area contributed by atoms with Crippen LogP contribution in [-0.4, -0.2) is 31.9 Å². The van der Waals surface area contributed by atoms with Crippen LogP contribution in [0.2, 0.25) is 0 Å². The number of benzene rings is 2. The molecule has 6 heteroatoms. The summed E-state index contributed by atoms with van der Waals surface area (Å²) in [6.45, 7) is 5.58. The van der Waals surface area contributed by atoms with E-state index in [-0.39, 0.29) is 5.91 Å². The number of nitrogens with one attached hydrogen (secondary N) is 1. The number of fused-ring (bicyclic) bond motifs is 2. The summed E-state index contributed by atoms with van der Waals surface area (Å²) >= 11 is 0. The Balaban J connectivity index is 1.61. The van der Waals surface area contributed by atoms with E-state index in [1.165, 1.54) is 5.56 Å². The van der Waals surface area contributed by atoms with E-state index in [2.05, 4.69) is 47.1 Å². The van der Waals surface area contributed by atoms with Gasteiger partial charge in [0.25, 0.3) is 0 Å². The normalized spacial score (nSPS) is 13.3. The van der Waals surface area contributed by atoms with Gasteiger partial charge in [0.2, 0.25) is 11.9 Å². The van der Waals surface area contributed by atoms with Gasteiger partial charge in [-0.1, -0.05) is 48.5 Å². The van der Waals surface area contributed by atoms with Crippen molar-refractivity contribution in [3.8, 4) is 5.95 Å². The average molecular weight is 412 g/mol. The van der Waals surface area contributed by atoms with Crippen LogP contribution in [0.15, 0.2) is 60.7 Å². The SMILES string of the molecule is CC(=O)N1CCc2c(nc(-n3c(C)cc4ccccc43)nc2NCc2ccccc2)C1. The number of carbonyl (C=O) groups is 1. The highest BCUT2D eigenvalue weighted by Crippen LogP contribution is 2.28. The van der Waals surface area contributed by atoms with E-state index in [1.54, 1.807) is 6.92 Å². The van der Waals surface area contributed by atoms with Crippen molar-refractivity contribution in [2.45, 2.75) is 33.4 Å². The number of amides is 1. The topological polar surface area (TPSA) is 63.1 Å². The van der Waals surface area contributed by atoms with Crippen molar-refractivity contribution in [3.05, 3.63) is 83.2 Å². The highest BCUT2D eigenvalue weighted by molar-refractivity contribution is 5.82. The van der Waals surface area contributed by atoms with Gasteiger partial charge in [0.1, 0.15) is 5.82 Å². The lowest BCUT2D eigenvalue weighted by atomic mass is 10.1. The number of rotatable bonds is 4. The van der Waals surface area contributed by atoms with Crippen molar-refractivity contribution in [2.75, 3.05) is 11.9 Å². The van der Waals surface area contributed by atoms with Crippen LogP contribution < -0.4 is 5.32 Å². The van der Waals surface area contributed by atoms with Crippen LogP contribution in [0.4, 0.5) is 5.82 Å². The second kappa shape index (κ2) is 7.87. The minimum absolute atomic E-state index is 0.0761. The van der Waals surface area contributed by atoms with Crippen molar-refractivity contribution < 1.29 is 4.79 Å². The molecule has 1 amide bonds. The summed E-state index contributed by atoms with van der Waals surface area (Å²) in [7, 11) is 0. The fraction of sp³-hybridized carbons (Fsp3) is 0.240. The zero-order chi connectivity index (χ0) is 21.4. The number of hydrogen-bond acceptors (Lipinski definition) is 4. The first-order chi connectivity index (χ1) is 15.1. The standard InChI is InChI=1S/C25H25N5O/c1-17-14-20-10-6-7-11-23(20)30(17)25-27-22-16-29(18(2)31)13-12-21(22)24(28-25)26-15-19-8-4-3-5-9-19/h3-11,14H,12-13,15-16H2,1-2H3,(H,26,27,28). The van der Waals surface area contributed by atoms with E-state index in [1.807, 2.05) is 35.2 Å².